The van der Waals surface area contributed by atoms with E-state index in [2.05, 4.69) is 5.32 Å². The molecule has 88 valence electrons. The topological polar surface area (TPSA) is 52.6 Å². The molecule has 0 saturated heterocycles. The lowest BCUT2D eigenvalue weighted by Gasteiger charge is -2.20. The Hall–Kier alpha value is -0.770. The van der Waals surface area contributed by atoms with E-state index >= 15 is 0 Å². The fourth-order valence-corrected chi connectivity index (χ4v) is 2.12. The maximum absolute atomic E-state index is 11.5. The van der Waals surface area contributed by atoms with E-state index in [-0.39, 0.29) is 12.6 Å². The van der Waals surface area contributed by atoms with Gasteiger partial charge in [-0.25, -0.2) is 4.79 Å². The van der Waals surface area contributed by atoms with Crippen molar-refractivity contribution in [3.05, 3.63) is 0 Å². The molecular weight excluding hydrogens is 192 g/mol. The van der Waals surface area contributed by atoms with Crippen molar-refractivity contribution in [3.8, 4) is 0 Å². The van der Waals surface area contributed by atoms with Crippen molar-refractivity contribution in [1.29, 1.82) is 0 Å². The molecular formula is C11H22N2O2. The average molecular weight is 214 g/mol. The highest BCUT2D eigenvalue weighted by atomic mass is 16.3. The highest BCUT2D eigenvalue weighted by Gasteiger charge is 2.26. The summed E-state index contributed by atoms with van der Waals surface area (Å²) >= 11 is 0. The summed E-state index contributed by atoms with van der Waals surface area (Å²) < 4.78 is 0. The maximum atomic E-state index is 11.5. The summed E-state index contributed by atoms with van der Waals surface area (Å²) in [6, 6.07) is -0.0129. The van der Waals surface area contributed by atoms with Crippen LogP contribution in [0, 0.1) is 11.8 Å². The van der Waals surface area contributed by atoms with Crippen LogP contribution in [0.4, 0.5) is 4.79 Å². The first-order valence-corrected chi connectivity index (χ1v) is 5.78. The Kier molecular flexibility index (Phi) is 4.88. The molecule has 4 heteroatoms. The Morgan fingerprint density at radius 3 is 2.73 bits per heavy atom. The number of nitrogens with one attached hydrogen (secondary N) is 1. The molecule has 0 radical (unpaired) electrons. The molecule has 2 amide bonds. The number of aliphatic hydroxyl groups excluding tert-OH is 1. The minimum Gasteiger partial charge on any atom is -0.396 e. The number of rotatable bonds is 4. The summed E-state index contributed by atoms with van der Waals surface area (Å²) in [6.07, 6.45) is 3.40. The van der Waals surface area contributed by atoms with E-state index in [4.69, 9.17) is 5.11 Å². The Bertz CT molecular complexity index is 209. The summed E-state index contributed by atoms with van der Waals surface area (Å²) in [6.45, 7) is 3.63. The van der Waals surface area contributed by atoms with Gasteiger partial charge in [-0.05, 0) is 31.6 Å². The molecule has 2 atom stereocenters. The minimum atomic E-state index is -0.0129. The number of aliphatic hydroxyl groups is 1. The third-order valence-electron chi connectivity index (χ3n) is 3.39. The first kappa shape index (κ1) is 12.3. The third-order valence-corrected chi connectivity index (χ3v) is 3.39. The summed E-state index contributed by atoms with van der Waals surface area (Å²) in [5.41, 5.74) is 0. The van der Waals surface area contributed by atoms with Crippen LogP contribution < -0.4 is 5.32 Å². The molecule has 4 nitrogen and oxygen atoms in total. The van der Waals surface area contributed by atoms with E-state index < -0.39 is 0 Å². The van der Waals surface area contributed by atoms with E-state index in [0.717, 1.165) is 19.4 Å². The molecule has 0 aromatic rings. The normalized spacial score (nSPS) is 25.3. The van der Waals surface area contributed by atoms with Crippen molar-refractivity contribution in [2.75, 3.05) is 26.7 Å². The van der Waals surface area contributed by atoms with Crippen LogP contribution in [0.25, 0.3) is 0 Å². The van der Waals surface area contributed by atoms with Crippen LogP contribution in [0.5, 0.6) is 0 Å². The van der Waals surface area contributed by atoms with Crippen molar-refractivity contribution in [2.24, 2.45) is 11.8 Å². The number of carbonyl (C=O) groups excluding carboxylic acids is 1. The van der Waals surface area contributed by atoms with Crippen LogP contribution in [0.3, 0.4) is 0 Å². The van der Waals surface area contributed by atoms with Crippen molar-refractivity contribution in [1.82, 2.24) is 10.2 Å². The molecule has 0 heterocycles. The van der Waals surface area contributed by atoms with E-state index in [9.17, 15) is 4.79 Å². The molecule has 0 spiro atoms. The predicted octanol–water partition coefficient (Wildman–Crippen LogP) is 1.06. The zero-order chi connectivity index (χ0) is 11.3. The maximum Gasteiger partial charge on any atom is 0.317 e. The minimum absolute atomic E-state index is 0.0129. The highest BCUT2D eigenvalue weighted by molar-refractivity contribution is 5.73. The molecule has 1 aliphatic rings. The smallest absolute Gasteiger partial charge is 0.317 e. The van der Waals surface area contributed by atoms with Gasteiger partial charge in [0.2, 0.25) is 0 Å². The lowest BCUT2D eigenvalue weighted by molar-refractivity contribution is 0.184. The summed E-state index contributed by atoms with van der Waals surface area (Å²) in [7, 11) is 1.79. The van der Waals surface area contributed by atoms with Crippen molar-refractivity contribution in [2.45, 2.75) is 26.2 Å². The van der Waals surface area contributed by atoms with Crippen molar-refractivity contribution >= 4 is 6.03 Å². The first-order chi connectivity index (χ1) is 7.19. The van der Waals surface area contributed by atoms with Gasteiger partial charge in [-0.3, -0.25) is 0 Å². The van der Waals surface area contributed by atoms with Crippen LogP contribution in [0.1, 0.15) is 26.2 Å². The van der Waals surface area contributed by atoms with Gasteiger partial charge in [-0.15, -0.1) is 0 Å². The van der Waals surface area contributed by atoms with Gasteiger partial charge in [0.05, 0.1) is 0 Å². The fourth-order valence-electron chi connectivity index (χ4n) is 2.12. The standard InChI is InChI=1S/C11H22N2O2/c1-3-13(2)11(15)12-7-9-5-4-6-10(9)8-14/h9-10,14H,3-8H2,1-2H3,(H,12,15). The molecule has 0 aromatic carbocycles. The number of amides is 2. The monoisotopic (exact) mass is 214 g/mol. The highest BCUT2D eigenvalue weighted by Crippen LogP contribution is 2.30. The lowest BCUT2D eigenvalue weighted by atomic mass is 9.97. The number of urea groups is 1. The van der Waals surface area contributed by atoms with E-state index in [1.54, 1.807) is 11.9 Å². The number of hydrogen-bond acceptors (Lipinski definition) is 2. The molecule has 1 saturated carbocycles. The molecule has 2 unspecified atom stereocenters. The van der Waals surface area contributed by atoms with E-state index in [0.29, 0.717) is 18.4 Å². The van der Waals surface area contributed by atoms with Gasteiger partial charge in [-0.2, -0.15) is 0 Å². The summed E-state index contributed by atoms with van der Waals surface area (Å²) in [5, 5.41) is 12.0. The van der Waals surface area contributed by atoms with Crippen LogP contribution in [0.15, 0.2) is 0 Å². The number of hydrogen-bond donors (Lipinski definition) is 2. The van der Waals surface area contributed by atoms with Gasteiger partial charge in [0.25, 0.3) is 0 Å². The van der Waals surface area contributed by atoms with Crippen LogP contribution in [-0.2, 0) is 0 Å². The predicted molar refractivity (Wildman–Crippen MR) is 59.6 cm³/mol. The molecule has 2 N–H and O–H groups in total. The van der Waals surface area contributed by atoms with Gasteiger partial charge >= 0.3 is 6.03 Å². The summed E-state index contributed by atoms with van der Waals surface area (Å²) in [4.78, 5) is 13.1. The summed E-state index contributed by atoms with van der Waals surface area (Å²) in [5.74, 6) is 0.849. The largest absolute Gasteiger partial charge is 0.396 e. The molecule has 1 rings (SSSR count). The SMILES string of the molecule is CCN(C)C(=O)NCC1CCCC1CO. The first-order valence-electron chi connectivity index (χ1n) is 5.78. The van der Waals surface area contributed by atoms with Gasteiger partial charge in [0, 0.05) is 26.7 Å². The quantitative estimate of drug-likeness (QED) is 0.735. The molecule has 15 heavy (non-hydrogen) atoms. The van der Waals surface area contributed by atoms with E-state index in [1.807, 2.05) is 6.92 Å². The average Bonchev–Trinajstić information content (AvgIpc) is 2.71. The Balaban J connectivity index is 2.27. The third kappa shape index (κ3) is 3.38. The van der Waals surface area contributed by atoms with Gasteiger partial charge in [0.1, 0.15) is 0 Å². The van der Waals surface area contributed by atoms with Gasteiger partial charge in [-0.1, -0.05) is 6.42 Å². The Morgan fingerprint density at radius 2 is 2.13 bits per heavy atom. The fraction of sp³-hybridized carbons (Fsp3) is 0.909. The molecule has 1 aliphatic carbocycles. The molecule has 0 bridgehead atoms. The zero-order valence-corrected chi connectivity index (χ0v) is 9.70. The molecule has 1 fully saturated rings. The second-order valence-electron chi connectivity index (χ2n) is 4.33. The zero-order valence-electron chi connectivity index (χ0n) is 9.70. The van der Waals surface area contributed by atoms with Gasteiger partial charge in [0.15, 0.2) is 0 Å². The van der Waals surface area contributed by atoms with Crippen LogP contribution >= 0.6 is 0 Å². The molecule has 0 aliphatic heterocycles. The lowest BCUT2D eigenvalue weighted by Crippen LogP contribution is -2.40. The van der Waals surface area contributed by atoms with Crippen molar-refractivity contribution < 1.29 is 9.90 Å². The van der Waals surface area contributed by atoms with E-state index in [1.165, 1.54) is 6.42 Å². The van der Waals surface area contributed by atoms with Gasteiger partial charge < -0.3 is 15.3 Å². The number of carbonyl (C=O) groups is 1. The van der Waals surface area contributed by atoms with Crippen LogP contribution in [-0.4, -0.2) is 42.8 Å². The van der Waals surface area contributed by atoms with Crippen molar-refractivity contribution in [3.63, 3.8) is 0 Å². The number of nitrogens with zero attached hydrogens (tertiary/aromatic N) is 1. The van der Waals surface area contributed by atoms with Crippen LogP contribution in [0.2, 0.25) is 0 Å². The Morgan fingerprint density at radius 1 is 1.47 bits per heavy atom. The second-order valence-corrected chi connectivity index (χ2v) is 4.33. The second kappa shape index (κ2) is 5.95. The Labute approximate surface area is 91.6 Å². The molecule has 0 aromatic heterocycles.